The normalized spacial score (nSPS) is 11.9. The maximum absolute atomic E-state index is 11.9. The lowest BCUT2D eigenvalue weighted by molar-refractivity contribution is -0.140. The Balaban J connectivity index is 2.65. The number of rotatable bonds is 6. The maximum Gasteiger partial charge on any atom is 0.306 e. The molecule has 0 fully saturated rings. The second-order valence-corrected chi connectivity index (χ2v) is 5.83. The fourth-order valence-corrected chi connectivity index (χ4v) is 2.19. The predicted molar refractivity (Wildman–Crippen MR) is 73.7 cm³/mol. The van der Waals surface area contributed by atoms with E-state index in [-0.39, 0.29) is 13.0 Å². The number of carbonyl (C=O) groups excluding carboxylic acids is 1. The third kappa shape index (κ3) is 5.23. The molecule has 19 heavy (non-hydrogen) atoms. The monoisotopic (exact) mass is 283 g/mol. The summed E-state index contributed by atoms with van der Waals surface area (Å²) < 4.78 is 29.4. The van der Waals surface area contributed by atoms with Crippen LogP contribution in [0.4, 0.5) is 0 Å². The molecule has 0 amide bonds. The van der Waals surface area contributed by atoms with Crippen molar-refractivity contribution in [2.45, 2.75) is 6.42 Å². The summed E-state index contributed by atoms with van der Waals surface area (Å²) in [6, 6.07) is 9.12. The van der Waals surface area contributed by atoms with Gasteiger partial charge in [-0.1, -0.05) is 30.3 Å². The Morgan fingerprint density at radius 3 is 2.53 bits per heavy atom. The van der Waals surface area contributed by atoms with E-state index in [9.17, 15) is 13.2 Å². The molecule has 0 bridgehead atoms. The van der Waals surface area contributed by atoms with Crippen LogP contribution in [-0.4, -0.2) is 39.4 Å². The molecular formula is C13H17NO4S. The van der Waals surface area contributed by atoms with Gasteiger partial charge in [0.05, 0.1) is 13.5 Å². The molecule has 0 saturated carbocycles. The third-order valence-corrected chi connectivity index (χ3v) is 4.06. The summed E-state index contributed by atoms with van der Waals surface area (Å²) in [5.41, 5.74) is 0.799. The van der Waals surface area contributed by atoms with Crippen LogP contribution < -0.4 is 0 Å². The molecule has 0 saturated heterocycles. The zero-order chi connectivity index (χ0) is 14.3. The van der Waals surface area contributed by atoms with E-state index in [1.165, 1.54) is 20.2 Å². The van der Waals surface area contributed by atoms with Gasteiger partial charge in [-0.05, 0) is 11.6 Å². The standard InChI is InChI=1S/C13H17NO4S/c1-14(10-8-13(15)18-2)19(16,17)11-9-12-6-4-3-5-7-12/h3-7,9,11H,8,10H2,1-2H3/b11-9+. The van der Waals surface area contributed by atoms with E-state index in [1.54, 1.807) is 12.1 Å². The summed E-state index contributed by atoms with van der Waals surface area (Å²) in [7, 11) is -0.823. The van der Waals surface area contributed by atoms with Gasteiger partial charge in [-0.25, -0.2) is 12.7 Å². The van der Waals surface area contributed by atoms with Gasteiger partial charge in [-0.3, -0.25) is 4.79 Å². The zero-order valence-corrected chi connectivity index (χ0v) is 11.8. The first-order chi connectivity index (χ1) is 8.95. The summed E-state index contributed by atoms with van der Waals surface area (Å²) in [6.07, 6.45) is 1.55. The molecule has 0 radical (unpaired) electrons. The van der Waals surface area contributed by atoms with Gasteiger partial charge in [0.2, 0.25) is 10.0 Å². The zero-order valence-electron chi connectivity index (χ0n) is 10.9. The van der Waals surface area contributed by atoms with Crippen molar-refractivity contribution in [3.8, 4) is 0 Å². The smallest absolute Gasteiger partial charge is 0.306 e. The second-order valence-electron chi connectivity index (χ2n) is 3.91. The van der Waals surface area contributed by atoms with Crippen LogP contribution in [0.15, 0.2) is 35.7 Å². The molecule has 5 nitrogen and oxygen atoms in total. The number of sulfonamides is 1. The van der Waals surface area contributed by atoms with Crippen molar-refractivity contribution >= 4 is 22.1 Å². The van der Waals surface area contributed by atoms with Crippen LogP contribution >= 0.6 is 0 Å². The lowest BCUT2D eigenvalue weighted by Crippen LogP contribution is -2.27. The Morgan fingerprint density at radius 1 is 1.32 bits per heavy atom. The van der Waals surface area contributed by atoms with Gasteiger partial charge in [0, 0.05) is 19.0 Å². The van der Waals surface area contributed by atoms with Gasteiger partial charge < -0.3 is 4.74 Å². The van der Waals surface area contributed by atoms with Gasteiger partial charge in [0.25, 0.3) is 0 Å². The minimum absolute atomic E-state index is 0.0331. The number of carbonyl (C=O) groups is 1. The van der Waals surface area contributed by atoms with Gasteiger partial charge in [0.15, 0.2) is 0 Å². The van der Waals surface area contributed by atoms with Crippen molar-refractivity contribution in [3.63, 3.8) is 0 Å². The molecule has 6 heteroatoms. The van der Waals surface area contributed by atoms with Gasteiger partial charge in [-0.15, -0.1) is 0 Å². The topological polar surface area (TPSA) is 63.7 Å². The quantitative estimate of drug-likeness (QED) is 0.742. The van der Waals surface area contributed by atoms with Crippen molar-refractivity contribution < 1.29 is 17.9 Å². The van der Waals surface area contributed by atoms with Crippen molar-refractivity contribution in [3.05, 3.63) is 41.3 Å². The molecule has 1 aromatic carbocycles. The average Bonchev–Trinajstić information content (AvgIpc) is 2.43. The number of benzene rings is 1. The van der Waals surface area contributed by atoms with Crippen LogP contribution in [0.3, 0.4) is 0 Å². The van der Waals surface area contributed by atoms with Gasteiger partial charge in [0.1, 0.15) is 0 Å². The highest BCUT2D eigenvalue weighted by Crippen LogP contribution is 2.07. The molecule has 1 rings (SSSR count). The van der Waals surface area contributed by atoms with E-state index in [0.29, 0.717) is 0 Å². The van der Waals surface area contributed by atoms with E-state index < -0.39 is 16.0 Å². The molecule has 0 heterocycles. The molecule has 0 atom stereocenters. The van der Waals surface area contributed by atoms with E-state index in [0.717, 1.165) is 15.3 Å². The lowest BCUT2D eigenvalue weighted by atomic mass is 10.2. The molecule has 0 aliphatic rings. The third-order valence-electron chi connectivity index (χ3n) is 2.52. The minimum atomic E-state index is -3.52. The Morgan fingerprint density at radius 2 is 1.95 bits per heavy atom. The Bertz CT molecular complexity index is 537. The number of hydrogen-bond donors (Lipinski definition) is 0. The van der Waals surface area contributed by atoms with Gasteiger partial charge in [-0.2, -0.15) is 0 Å². The van der Waals surface area contributed by atoms with Crippen LogP contribution in [0.1, 0.15) is 12.0 Å². The molecule has 104 valence electrons. The van der Waals surface area contributed by atoms with E-state index >= 15 is 0 Å². The average molecular weight is 283 g/mol. The Hall–Kier alpha value is -1.66. The molecule has 0 aliphatic carbocycles. The van der Waals surface area contributed by atoms with Gasteiger partial charge >= 0.3 is 5.97 Å². The molecule has 0 spiro atoms. The van der Waals surface area contributed by atoms with Crippen molar-refractivity contribution in [2.75, 3.05) is 20.7 Å². The Kier molecular flexibility index (Phi) is 5.72. The summed E-state index contributed by atoms with van der Waals surface area (Å²) in [6.45, 7) is 0.0914. The number of nitrogens with zero attached hydrogens (tertiary/aromatic N) is 1. The summed E-state index contributed by atoms with van der Waals surface area (Å²) in [5.74, 6) is -0.436. The fourth-order valence-electron chi connectivity index (χ4n) is 1.31. The van der Waals surface area contributed by atoms with Crippen LogP contribution in [0.25, 0.3) is 6.08 Å². The minimum Gasteiger partial charge on any atom is -0.469 e. The van der Waals surface area contributed by atoms with Crippen molar-refractivity contribution in [1.82, 2.24) is 4.31 Å². The van der Waals surface area contributed by atoms with E-state index in [1.807, 2.05) is 18.2 Å². The molecule has 0 N–H and O–H groups in total. The molecular weight excluding hydrogens is 266 g/mol. The number of esters is 1. The largest absolute Gasteiger partial charge is 0.469 e. The highest BCUT2D eigenvalue weighted by molar-refractivity contribution is 7.92. The predicted octanol–water partition coefficient (Wildman–Crippen LogP) is 1.48. The fraction of sp³-hybridized carbons (Fsp3) is 0.308. The molecule has 1 aromatic rings. The number of ether oxygens (including phenoxy) is 1. The van der Waals surface area contributed by atoms with Crippen LogP contribution in [0, 0.1) is 0 Å². The first kappa shape index (κ1) is 15.4. The summed E-state index contributed by atoms with van der Waals surface area (Å²) >= 11 is 0. The highest BCUT2D eigenvalue weighted by Gasteiger charge is 2.15. The van der Waals surface area contributed by atoms with Crippen molar-refractivity contribution in [1.29, 1.82) is 0 Å². The van der Waals surface area contributed by atoms with E-state index in [4.69, 9.17) is 0 Å². The lowest BCUT2D eigenvalue weighted by Gasteiger charge is -2.13. The highest BCUT2D eigenvalue weighted by atomic mass is 32.2. The van der Waals surface area contributed by atoms with Crippen LogP contribution in [0.2, 0.25) is 0 Å². The van der Waals surface area contributed by atoms with Crippen LogP contribution in [-0.2, 0) is 19.6 Å². The first-order valence-electron chi connectivity index (χ1n) is 5.72. The molecule has 0 aliphatic heterocycles. The van der Waals surface area contributed by atoms with Crippen LogP contribution in [0.5, 0.6) is 0 Å². The first-order valence-corrected chi connectivity index (χ1v) is 7.22. The van der Waals surface area contributed by atoms with E-state index in [2.05, 4.69) is 4.74 Å². The molecule has 0 unspecified atom stereocenters. The Labute approximate surface area is 113 Å². The summed E-state index contributed by atoms with van der Waals surface area (Å²) in [5, 5.41) is 1.12. The van der Waals surface area contributed by atoms with Crippen molar-refractivity contribution in [2.24, 2.45) is 0 Å². The summed E-state index contributed by atoms with van der Waals surface area (Å²) in [4.78, 5) is 11.0. The molecule has 0 aromatic heterocycles. The second kappa shape index (κ2) is 7.06. The SMILES string of the molecule is COC(=O)CCN(C)S(=O)(=O)/C=C/c1ccccc1. The maximum atomic E-state index is 11.9. The number of hydrogen-bond acceptors (Lipinski definition) is 4. The number of methoxy groups -OCH3 is 1.